The van der Waals surface area contributed by atoms with Crippen LogP contribution in [0.25, 0.3) is 0 Å². The maximum Gasteiger partial charge on any atom is 0.243 e. The van der Waals surface area contributed by atoms with Crippen molar-refractivity contribution in [3.8, 4) is 0 Å². The van der Waals surface area contributed by atoms with E-state index in [4.69, 9.17) is 57.9 Å². The first-order valence-electron chi connectivity index (χ1n) is 19.2. The van der Waals surface area contributed by atoms with Gasteiger partial charge in [-0.05, 0) is 83.6 Å². The number of unbranched alkanes of at least 4 members (excludes halogenated alkanes) is 4. The Morgan fingerprint density at radius 1 is 0.397 bits per heavy atom. The summed E-state index contributed by atoms with van der Waals surface area (Å²) in [6.07, 6.45) is 4.09. The van der Waals surface area contributed by atoms with Crippen molar-refractivity contribution < 1.29 is 43.2 Å². The maximum atomic E-state index is 13.8. The van der Waals surface area contributed by atoms with Gasteiger partial charge in [-0.25, -0.2) is 0 Å². The smallest absolute Gasteiger partial charge is 0.243 e. The molecule has 0 bridgehead atoms. The van der Waals surface area contributed by atoms with Crippen molar-refractivity contribution in [2.24, 2.45) is 11.5 Å². The average molecular weight is 907 g/mol. The molecule has 0 aliphatic rings. The monoisotopic (exact) mass is 904 g/mol. The summed E-state index contributed by atoms with van der Waals surface area (Å²) < 4.78 is 0. The minimum atomic E-state index is -1.20. The first-order chi connectivity index (χ1) is 27.7. The second-order valence-electron chi connectivity index (χ2n) is 13.2. The molecule has 9 amide bonds. The van der Waals surface area contributed by atoms with Crippen molar-refractivity contribution in [3.05, 3.63) is 0 Å². The molecular formula is C35H60Cl4N10O9. The minimum Gasteiger partial charge on any atom is -0.370 e. The number of alkyl halides is 4. The standard InChI is InChI=1S/C35H60Cl4N10O9/c36-19-28(51)42-15-6-2-10-23(46-30(53)21-38)32(55)44-17-8-4-12-26(35(58)48-24(9-1-5-14-40)33(56)45-18-13-27(41)50)49-34(57)25(47-31(54)22-39)11-3-7-16-43-29(52)20-37/h23-26H,1-22,40H2,(H2,41,50)(H,42,51)(H,43,52)(H,44,55)(H,45,56)(H,46,53)(H,47,54)(H,48,58)(H,49,57)/t23-,24-,25-,26-/m0/s1. The summed E-state index contributed by atoms with van der Waals surface area (Å²) in [7, 11) is 0. The van der Waals surface area contributed by atoms with E-state index in [1.165, 1.54) is 0 Å². The summed E-state index contributed by atoms with van der Waals surface area (Å²) in [4.78, 5) is 112. The molecule has 0 saturated carbocycles. The fourth-order valence-corrected chi connectivity index (χ4v) is 5.66. The van der Waals surface area contributed by atoms with Gasteiger partial charge in [-0.15, -0.1) is 46.4 Å². The van der Waals surface area contributed by atoms with E-state index in [-0.39, 0.29) is 81.2 Å². The molecule has 4 atom stereocenters. The van der Waals surface area contributed by atoms with Crippen LogP contribution < -0.4 is 54.0 Å². The maximum absolute atomic E-state index is 13.8. The van der Waals surface area contributed by atoms with Gasteiger partial charge in [0.2, 0.25) is 53.2 Å². The van der Waals surface area contributed by atoms with Gasteiger partial charge in [0.1, 0.15) is 47.7 Å². The van der Waals surface area contributed by atoms with Crippen molar-refractivity contribution in [3.63, 3.8) is 0 Å². The van der Waals surface area contributed by atoms with Crippen LogP contribution >= 0.6 is 46.4 Å². The zero-order valence-electron chi connectivity index (χ0n) is 32.7. The summed E-state index contributed by atoms with van der Waals surface area (Å²) in [6, 6.07) is -4.24. The number of nitrogens with two attached hydrogens (primary N) is 2. The second-order valence-corrected chi connectivity index (χ2v) is 14.2. The van der Waals surface area contributed by atoms with E-state index in [1.807, 2.05) is 0 Å². The van der Waals surface area contributed by atoms with Crippen LogP contribution in [0.4, 0.5) is 0 Å². The number of hydrogen-bond donors (Lipinski definition) is 10. The fourth-order valence-electron chi connectivity index (χ4n) is 5.32. The predicted molar refractivity (Wildman–Crippen MR) is 221 cm³/mol. The third-order valence-electron chi connectivity index (χ3n) is 8.37. The van der Waals surface area contributed by atoms with Crippen molar-refractivity contribution >= 4 is 99.6 Å². The molecular weight excluding hydrogens is 846 g/mol. The van der Waals surface area contributed by atoms with Gasteiger partial charge in [0.15, 0.2) is 0 Å². The highest BCUT2D eigenvalue weighted by Crippen LogP contribution is 2.09. The topological polar surface area (TPSA) is 302 Å². The largest absolute Gasteiger partial charge is 0.370 e. The summed E-state index contributed by atoms with van der Waals surface area (Å²) in [5, 5.41) is 21.1. The van der Waals surface area contributed by atoms with Crippen LogP contribution in [0.5, 0.6) is 0 Å². The molecule has 0 fully saturated rings. The number of primary amides is 1. The van der Waals surface area contributed by atoms with Gasteiger partial charge < -0.3 is 54.0 Å². The van der Waals surface area contributed by atoms with Gasteiger partial charge >= 0.3 is 0 Å². The lowest BCUT2D eigenvalue weighted by atomic mass is 10.0. The van der Waals surface area contributed by atoms with Crippen molar-refractivity contribution in [2.75, 3.05) is 56.2 Å². The molecule has 0 radical (unpaired) electrons. The molecule has 0 spiro atoms. The van der Waals surface area contributed by atoms with Crippen molar-refractivity contribution in [1.29, 1.82) is 0 Å². The molecule has 0 aromatic heterocycles. The van der Waals surface area contributed by atoms with Crippen LogP contribution in [-0.2, 0) is 43.2 Å². The minimum absolute atomic E-state index is 0.0489. The molecule has 23 heteroatoms. The van der Waals surface area contributed by atoms with Crippen molar-refractivity contribution in [1.82, 2.24) is 42.5 Å². The predicted octanol–water partition coefficient (Wildman–Crippen LogP) is -1.14. The number of carbonyl (C=O) groups excluding carboxylic acids is 9. The summed E-state index contributed by atoms with van der Waals surface area (Å²) in [6.45, 7) is 1.06. The summed E-state index contributed by atoms with van der Waals surface area (Å²) in [5.41, 5.74) is 10.8. The van der Waals surface area contributed by atoms with Crippen LogP contribution in [0.1, 0.15) is 83.5 Å². The molecule has 0 aromatic rings. The first-order valence-corrected chi connectivity index (χ1v) is 21.4. The zero-order valence-corrected chi connectivity index (χ0v) is 35.7. The summed E-state index contributed by atoms with van der Waals surface area (Å²) in [5.74, 6) is -6.05. The average Bonchev–Trinajstić information content (AvgIpc) is 3.20. The Labute approximate surface area is 359 Å². The van der Waals surface area contributed by atoms with Crippen LogP contribution in [-0.4, -0.2) is 134 Å². The van der Waals surface area contributed by atoms with E-state index < -0.39 is 71.4 Å². The number of hydrogen-bond acceptors (Lipinski definition) is 10. The van der Waals surface area contributed by atoms with Gasteiger partial charge in [-0.3, -0.25) is 43.2 Å². The van der Waals surface area contributed by atoms with E-state index in [9.17, 15) is 43.2 Å². The lowest BCUT2D eigenvalue weighted by molar-refractivity contribution is -0.133. The number of amides is 9. The van der Waals surface area contributed by atoms with Gasteiger partial charge in [-0.2, -0.15) is 0 Å². The first kappa shape index (κ1) is 54.3. The van der Waals surface area contributed by atoms with Gasteiger partial charge in [-0.1, -0.05) is 0 Å². The highest BCUT2D eigenvalue weighted by atomic mass is 35.5. The molecule has 0 aromatic carbocycles. The molecule has 0 heterocycles. The molecule has 12 N–H and O–H groups in total. The molecule has 332 valence electrons. The molecule has 58 heavy (non-hydrogen) atoms. The SMILES string of the molecule is NCCCC[C@H](NC(=O)[C@H](CCCCNC(=O)[C@H](CCCCNC(=O)CCl)NC(=O)CCl)NC(=O)[C@H](CCCCNC(=O)CCl)NC(=O)CCl)C(=O)NCCC(N)=O. The van der Waals surface area contributed by atoms with Crippen LogP contribution in [0.15, 0.2) is 0 Å². The third-order valence-corrected chi connectivity index (χ3v) is 9.35. The highest BCUT2D eigenvalue weighted by Gasteiger charge is 2.29. The fraction of sp³-hybridized carbons (Fsp3) is 0.743. The Bertz CT molecular complexity index is 1320. The number of carbonyl (C=O) groups is 9. The van der Waals surface area contributed by atoms with E-state index in [0.29, 0.717) is 64.5 Å². The van der Waals surface area contributed by atoms with Crippen LogP contribution in [0.3, 0.4) is 0 Å². The van der Waals surface area contributed by atoms with Gasteiger partial charge in [0.05, 0.1) is 0 Å². The molecule has 0 aliphatic carbocycles. The van der Waals surface area contributed by atoms with Crippen LogP contribution in [0.2, 0.25) is 0 Å². The quantitative estimate of drug-likeness (QED) is 0.0274. The second kappa shape index (κ2) is 34.2. The number of nitrogens with one attached hydrogen (secondary N) is 8. The molecule has 0 rings (SSSR count). The van der Waals surface area contributed by atoms with Crippen molar-refractivity contribution in [2.45, 2.75) is 108 Å². The number of halogens is 4. The molecule has 0 unspecified atom stereocenters. The number of rotatable bonds is 34. The normalized spacial score (nSPS) is 12.8. The zero-order chi connectivity index (χ0) is 43.7. The Morgan fingerprint density at radius 3 is 1.10 bits per heavy atom. The Balaban J connectivity index is 5.88. The Morgan fingerprint density at radius 2 is 0.724 bits per heavy atom. The van der Waals surface area contributed by atoms with Gasteiger partial charge in [0, 0.05) is 32.6 Å². The lowest BCUT2D eigenvalue weighted by Gasteiger charge is -2.25. The van der Waals surface area contributed by atoms with E-state index >= 15 is 0 Å². The molecule has 0 aliphatic heterocycles. The van der Waals surface area contributed by atoms with E-state index in [0.717, 1.165) is 0 Å². The van der Waals surface area contributed by atoms with Crippen LogP contribution in [0, 0.1) is 0 Å². The lowest BCUT2D eigenvalue weighted by Crippen LogP contribution is -2.57. The third kappa shape index (κ3) is 27.1. The summed E-state index contributed by atoms with van der Waals surface area (Å²) >= 11 is 22.3. The molecule has 19 nitrogen and oxygen atoms in total. The van der Waals surface area contributed by atoms with Gasteiger partial charge in [0.25, 0.3) is 0 Å². The Hall–Kier alpha value is -3.65. The highest BCUT2D eigenvalue weighted by molar-refractivity contribution is 6.28. The van der Waals surface area contributed by atoms with E-state index in [1.54, 1.807) is 0 Å². The van der Waals surface area contributed by atoms with E-state index in [2.05, 4.69) is 42.5 Å². The Kier molecular flexibility index (Phi) is 32.1. The molecule has 0 saturated heterocycles.